The SMILES string of the molecule is Cc1cccc(Oc2ccc(-c3c(C4(O)CCN(C(=O)OC(C)(C)C)C4)n(C)c4ncnc(N)c34)cc2)n1. The summed E-state index contributed by atoms with van der Waals surface area (Å²) >= 11 is 0. The van der Waals surface area contributed by atoms with Gasteiger partial charge in [0.15, 0.2) is 0 Å². The van der Waals surface area contributed by atoms with Crippen molar-refractivity contribution in [3.63, 3.8) is 0 Å². The van der Waals surface area contributed by atoms with Gasteiger partial charge in [-0.25, -0.2) is 19.7 Å². The Hall–Kier alpha value is -4.18. The van der Waals surface area contributed by atoms with Crippen LogP contribution in [0.2, 0.25) is 0 Å². The fourth-order valence-corrected chi connectivity index (χ4v) is 4.96. The third-order valence-electron chi connectivity index (χ3n) is 6.56. The summed E-state index contributed by atoms with van der Waals surface area (Å²) in [4.78, 5) is 27.4. The Morgan fingerprint density at radius 2 is 1.87 bits per heavy atom. The number of benzene rings is 1. The largest absolute Gasteiger partial charge is 0.444 e. The Kier molecular flexibility index (Phi) is 6.22. The standard InChI is InChI=1S/C28H32N6O4/c1-17-7-6-8-20(32-17)37-19-11-9-18(10-12-19)21-22-24(29)30-16-31-25(22)33(5)23(21)28(36)13-14-34(15-28)26(35)38-27(2,3)4/h6-12,16,36H,13-15H2,1-5H3,(H2,29,30,31). The first kappa shape index (κ1) is 25.5. The van der Waals surface area contributed by atoms with E-state index in [4.69, 9.17) is 15.2 Å². The van der Waals surface area contributed by atoms with E-state index in [0.29, 0.717) is 47.1 Å². The monoisotopic (exact) mass is 516 g/mol. The molecule has 1 atom stereocenters. The lowest BCUT2D eigenvalue weighted by molar-refractivity contribution is 0.0120. The summed E-state index contributed by atoms with van der Waals surface area (Å²) in [6.07, 6.45) is 1.28. The van der Waals surface area contributed by atoms with Crippen LogP contribution in [0.15, 0.2) is 48.8 Å². The third-order valence-corrected chi connectivity index (χ3v) is 6.56. The first-order chi connectivity index (χ1) is 17.9. The van der Waals surface area contributed by atoms with Crippen LogP contribution in [0.3, 0.4) is 0 Å². The molecule has 0 saturated carbocycles. The molecule has 198 valence electrons. The lowest BCUT2D eigenvalue weighted by atomic mass is 9.91. The predicted molar refractivity (Wildman–Crippen MR) is 144 cm³/mol. The van der Waals surface area contributed by atoms with E-state index in [2.05, 4.69) is 15.0 Å². The molecule has 3 N–H and O–H groups in total. The van der Waals surface area contributed by atoms with Gasteiger partial charge in [-0.1, -0.05) is 18.2 Å². The second kappa shape index (κ2) is 9.29. The normalized spacial score (nSPS) is 17.7. The van der Waals surface area contributed by atoms with Gasteiger partial charge in [-0.2, -0.15) is 0 Å². The number of carbonyl (C=O) groups excluding carboxylic acids is 1. The van der Waals surface area contributed by atoms with Crippen LogP contribution >= 0.6 is 0 Å². The second-order valence-corrected chi connectivity index (χ2v) is 10.7. The molecule has 4 heterocycles. The molecule has 3 aromatic heterocycles. The summed E-state index contributed by atoms with van der Waals surface area (Å²) < 4.78 is 13.3. The number of rotatable bonds is 4. The van der Waals surface area contributed by atoms with Crippen molar-refractivity contribution < 1.29 is 19.4 Å². The van der Waals surface area contributed by atoms with Gasteiger partial charge in [0.1, 0.15) is 34.7 Å². The van der Waals surface area contributed by atoms with Gasteiger partial charge < -0.3 is 29.8 Å². The predicted octanol–water partition coefficient (Wildman–Crippen LogP) is 4.54. The smallest absolute Gasteiger partial charge is 0.410 e. The zero-order chi connectivity index (χ0) is 27.2. The fraction of sp³-hybridized carbons (Fsp3) is 0.357. The molecule has 0 aliphatic carbocycles. The van der Waals surface area contributed by atoms with E-state index in [1.54, 1.807) is 6.07 Å². The molecule has 5 rings (SSSR count). The second-order valence-electron chi connectivity index (χ2n) is 10.7. The molecule has 0 spiro atoms. The summed E-state index contributed by atoms with van der Waals surface area (Å²) in [6, 6.07) is 13.1. The Labute approximate surface area is 221 Å². The van der Waals surface area contributed by atoms with Crippen molar-refractivity contribution in [2.24, 2.45) is 7.05 Å². The Morgan fingerprint density at radius 1 is 1.13 bits per heavy atom. The quantitative estimate of drug-likeness (QED) is 0.404. The number of likely N-dealkylation sites (tertiary alicyclic amines) is 1. The van der Waals surface area contributed by atoms with Gasteiger partial charge in [0.05, 0.1) is 17.6 Å². The molecule has 10 heteroatoms. The van der Waals surface area contributed by atoms with Gasteiger partial charge in [0, 0.05) is 37.3 Å². The van der Waals surface area contributed by atoms with Crippen LogP contribution < -0.4 is 10.5 Å². The van der Waals surface area contributed by atoms with Gasteiger partial charge in [0.2, 0.25) is 5.88 Å². The van der Waals surface area contributed by atoms with Crippen molar-refractivity contribution in [2.45, 2.75) is 45.3 Å². The molecular weight excluding hydrogens is 484 g/mol. The van der Waals surface area contributed by atoms with E-state index in [1.165, 1.54) is 11.2 Å². The number of amides is 1. The number of hydrogen-bond donors (Lipinski definition) is 2. The van der Waals surface area contributed by atoms with Crippen LogP contribution in [0, 0.1) is 6.92 Å². The number of aliphatic hydroxyl groups is 1. The molecule has 1 aromatic carbocycles. The number of β-amino-alcohol motifs (C(OH)–C–C–N with tert-alkyl or cyclic N) is 1. The van der Waals surface area contributed by atoms with Crippen LogP contribution in [-0.4, -0.2) is 54.3 Å². The van der Waals surface area contributed by atoms with Crippen LogP contribution in [0.1, 0.15) is 38.6 Å². The lowest BCUT2D eigenvalue weighted by Gasteiger charge is -2.28. The van der Waals surface area contributed by atoms with Crippen LogP contribution in [-0.2, 0) is 17.4 Å². The van der Waals surface area contributed by atoms with Crippen molar-refractivity contribution in [1.29, 1.82) is 0 Å². The fourth-order valence-electron chi connectivity index (χ4n) is 4.96. The number of anilines is 1. The molecule has 1 amide bonds. The van der Waals surface area contributed by atoms with Gasteiger partial charge >= 0.3 is 6.09 Å². The first-order valence-corrected chi connectivity index (χ1v) is 12.5. The lowest BCUT2D eigenvalue weighted by Crippen LogP contribution is -2.39. The minimum atomic E-state index is -1.35. The van der Waals surface area contributed by atoms with E-state index in [9.17, 15) is 9.90 Å². The Bertz CT molecular complexity index is 1510. The number of aromatic nitrogens is 4. The minimum Gasteiger partial charge on any atom is -0.444 e. The molecule has 38 heavy (non-hydrogen) atoms. The van der Waals surface area contributed by atoms with Crippen molar-refractivity contribution >= 4 is 22.9 Å². The summed E-state index contributed by atoms with van der Waals surface area (Å²) in [5.74, 6) is 1.43. The molecule has 4 aromatic rings. The molecule has 1 fully saturated rings. The summed E-state index contributed by atoms with van der Waals surface area (Å²) in [7, 11) is 1.84. The number of pyridine rings is 1. The molecule has 0 bridgehead atoms. The maximum absolute atomic E-state index is 12.8. The highest BCUT2D eigenvalue weighted by molar-refractivity contribution is 6.02. The first-order valence-electron chi connectivity index (χ1n) is 12.5. The topological polar surface area (TPSA) is 129 Å². The van der Waals surface area contributed by atoms with Crippen molar-refractivity contribution in [1.82, 2.24) is 24.4 Å². The average molecular weight is 517 g/mol. The minimum absolute atomic E-state index is 0.0760. The zero-order valence-corrected chi connectivity index (χ0v) is 22.2. The highest BCUT2D eigenvalue weighted by atomic mass is 16.6. The average Bonchev–Trinajstić information content (AvgIpc) is 3.38. The number of carbonyl (C=O) groups is 1. The summed E-state index contributed by atoms with van der Waals surface area (Å²) in [5.41, 5.74) is 7.95. The molecule has 1 aliphatic heterocycles. The number of nitrogens with two attached hydrogens (primary N) is 1. The Morgan fingerprint density at radius 3 is 2.55 bits per heavy atom. The molecular formula is C28H32N6O4. The number of nitrogens with zero attached hydrogens (tertiary/aromatic N) is 5. The highest BCUT2D eigenvalue weighted by Crippen LogP contribution is 2.44. The number of ether oxygens (including phenoxy) is 2. The van der Waals surface area contributed by atoms with Crippen molar-refractivity contribution in [2.75, 3.05) is 18.8 Å². The summed E-state index contributed by atoms with van der Waals surface area (Å²) in [6.45, 7) is 7.79. The third kappa shape index (κ3) is 4.74. The van der Waals surface area contributed by atoms with Crippen molar-refractivity contribution in [3.8, 4) is 22.8 Å². The van der Waals surface area contributed by atoms with Crippen molar-refractivity contribution in [3.05, 3.63) is 60.2 Å². The van der Waals surface area contributed by atoms with E-state index in [1.807, 2.05) is 75.7 Å². The maximum Gasteiger partial charge on any atom is 0.410 e. The zero-order valence-electron chi connectivity index (χ0n) is 22.2. The van der Waals surface area contributed by atoms with E-state index in [0.717, 1.165) is 16.8 Å². The summed E-state index contributed by atoms with van der Waals surface area (Å²) in [5, 5.41) is 12.6. The molecule has 0 radical (unpaired) electrons. The van der Waals surface area contributed by atoms with Gasteiger partial charge in [-0.15, -0.1) is 0 Å². The molecule has 10 nitrogen and oxygen atoms in total. The number of aryl methyl sites for hydroxylation is 2. The van der Waals surface area contributed by atoms with Gasteiger partial charge in [-0.05, 0) is 51.5 Å². The maximum atomic E-state index is 12.8. The number of fused-ring (bicyclic) bond motifs is 1. The molecule has 1 unspecified atom stereocenters. The molecule has 1 aliphatic rings. The Balaban J connectivity index is 1.55. The van der Waals surface area contributed by atoms with E-state index >= 15 is 0 Å². The van der Waals surface area contributed by atoms with E-state index < -0.39 is 17.3 Å². The van der Waals surface area contributed by atoms with Crippen LogP contribution in [0.25, 0.3) is 22.2 Å². The highest BCUT2D eigenvalue weighted by Gasteiger charge is 2.45. The van der Waals surface area contributed by atoms with Crippen LogP contribution in [0.4, 0.5) is 10.6 Å². The molecule has 1 saturated heterocycles. The number of nitrogen functional groups attached to an aromatic ring is 1. The van der Waals surface area contributed by atoms with Gasteiger partial charge in [-0.3, -0.25) is 0 Å². The van der Waals surface area contributed by atoms with Gasteiger partial charge in [0.25, 0.3) is 0 Å². The van der Waals surface area contributed by atoms with E-state index in [-0.39, 0.29) is 6.54 Å². The van der Waals surface area contributed by atoms with Crippen LogP contribution in [0.5, 0.6) is 11.6 Å². The number of hydrogen-bond acceptors (Lipinski definition) is 8.